The molecular weight excluding hydrogens is 198 g/mol. The van der Waals surface area contributed by atoms with E-state index in [2.05, 4.69) is 4.98 Å². The molecule has 0 amide bonds. The summed E-state index contributed by atoms with van der Waals surface area (Å²) in [5.74, 6) is 1.01. The molecule has 0 aromatic carbocycles. The number of aryl methyl sites for hydroxylation is 1. The van der Waals surface area contributed by atoms with E-state index in [1.54, 1.807) is 6.07 Å². The first-order valence-corrected chi connectivity index (χ1v) is 5.64. The normalized spacial score (nSPS) is 14.9. The molecule has 3 nitrogen and oxygen atoms in total. The molecule has 0 atom stereocenters. The minimum atomic E-state index is -0.835. The number of aromatic carboxylic acids is 1. The summed E-state index contributed by atoms with van der Waals surface area (Å²) in [5.41, 5.74) is 3.12. The Hall–Kier alpha value is -1.03. The van der Waals surface area contributed by atoms with Gasteiger partial charge >= 0.3 is 5.97 Å². The molecule has 2 rings (SSSR count). The fraction of sp³-hybridized carbons (Fsp3) is 0.400. The fourth-order valence-electron chi connectivity index (χ4n) is 1.70. The number of fused-ring (bicyclic) bond motifs is 1. The number of thioether (sulfide) groups is 1. The lowest BCUT2D eigenvalue weighted by atomic mass is 10.0. The number of rotatable bonds is 1. The number of aromatic nitrogens is 1. The average Bonchev–Trinajstić information content (AvgIpc) is 2.16. The highest BCUT2D eigenvalue weighted by Gasteiger charge is 2.19. The molecule has 14 heavy (non-hydrogen) atoms. The number of hydrogen-bond acceptors (Lipinski definition) is 3. The Morgan fingerprint density at radius 2 is 2.43 bits per heavy atom. The van der Waals surface area contributed by atoms with E-state index in [0.717, 1.165) is 34.9 Å². The first-order chi connectivity index (χ1) is 6.68. The van der Waals surface area contributed by atoms with Crippen molar-refractivity contribution in [2.45, 2.75) is 19.1 Å². The Bertz CT molecular complexity index is 390. The Morgan fingerprint density at radius 1 is 1.64 bits per heavy atom. The summed E-state index contributed by atoms with van der Waals surface area (Å²) in [6.45, 7) is 1.84. The minimum Gasteiger partial charge on any atom is -0.478 e. The summed E-state index contributed by atoms with van der Waals surface area (Å²) in [6.07, 6.45) is 0.828. The zero-order chi connectivity index (χ0) is 10.1. The van der Waals surface area contributed by atoms with Gasteiger partial charge in [0.05, 0.1) is 11.3 Å². The van der Waals surface area contributed by atoms with Crippen LogP contribution in [0.3, 0.4) is 0 Å². The molecule has 0 spiro atoms. The Balaban J connectivity index is 2.58. The van der Waals surface area contributed by atoms with Crippen LogP contribution in [-0.4, -0.2) is 21.8 Å². The minimum absolute atomic E-state index is 0.438. The number of hydrogen-bond donors (Lipinski definition) is 1. The van der Waals surface area contributed by atoms with Gasteiger partial charge in [0.1, 0.15) is 0 Å². The number of nitrogens with zero attached hydrogens (tertiary/aromatic N) is 1. The zero-order valence-corrected chi connectivity index (χ0v) is 8.73. The molecule has 1 aromatic rings. The van der Waals surface area contributed by atoms with Crippen molar-refractivity contribution in [3.8, 4) is 0 Å². The SMILES string of the molecule is Cc1cc(C(=O)O)c2c(n1)CSCC2. The maximum atomic E-state index is 11.0. The molecule has 0 unspecified atom stereocenters. The standard InChI is InChI=1S/C10H11NO2S/c1-6-4-8(10(12)13)7-2-3-14-5-9(7)11-6/h4H,2-3,5H2,1H3,(H,12,13). The van der Waals surface area contributed by atoms with E-state index < -0.39 is 5.97 Å². The van der Waals surface area contributed by atoms with Crippen molar-refractivity contribution in [2.75, 3.05) is 5.75 Å². The van der Waals surface area contributed by atoms with E-state index >= 15 is 0 Å². The number of carbonyl (C=O) groups is 1. The summed E-state index contributed by atoms with van der Waals surface area (Å²) in [6, 6.07) is 1.66. The largest absolute Gasteiger partial charge is 0.478 e. The van der Waals surface area contributed by atoms with E-state index in [9.17, 15) is 4.79 Å². The van der Waals surface area contributed by atoms with Gasteiger partial charge < -0.3 is 5.11 Å². The van der Waals surface area contributed by atoms with Crippen molar-refractivity contribution in [3.05, 3.63) is 28.6 Å². The number of carboxylic acids is 1. The highest BCUT2D eigenvalue weighted by atomic mass is 32.2. The molecular formula is C10H11NO2S. The molecule has 74 valence electrons. The lowest BCUT2D eigenvalue weighted by molar-refractivity contribution is 0.0695. The van der Waals surface area contributed by atoms with Crippen LogP contribution in [0.4, 0.5) is 0 Å². The van der Waals surface area contributed by atoms with Crippen LogP contribution in [0, 0.1) is 6.92 Å². The summed E-state index contributed by atoms with van der Waals surface area (Å²) < 4.78 is 0. The quantitative estimate of drug-likeness (QED) is 0.767. The third-order valence-corrected chi connectivity index (χ3v) is 3.27. The highest BCUT2D eigenvalue weighted by Crippen LogP contribution is 2.26. The van der Waals surface area contributed by atoms with E-state index in [4.69, 9.17) is 5.11 Å². The van der Waals surface area contributed by atoms with Crippen LogP contribution < -0.4 is 0 Å². The monoisotopic (exact) mass is 209 g/mol. The molecule has 2 heterocycles. The summed E-state index contributed by atoms with van der Waals surface area (Å²) in [4.78, 5) is 15.4. The van der Waals surface area contributed by atoms with Gasteiger partial charge in [-0.05, 0) is 30.7 Å². The van der Waals surface area contributed by atoms with Gasteiger partial charge in [0.15, 0.2) is 0 Å². The van der Waals surface area contributed by atoms with E-state index in [1.807, 2.05) is 18.7 Å². The van der Waals surface area contributed by atoms with Gasteiger partial charge in [-0.1, -0.05) is 0 Å². The second-order valence-corrected chi connectivity index (χ2v) is 4.45. The van der Waals surface area contributed by atoms with Gasteiger partial charge in [0.2, 0.25) is 0 Å². The smallest absolute Gasteiger partial charge is 0.336 e. The van der Waals surface area contributed by atoms with Gasteiger partial charge in [0.25, 0.3) is 0 Å². The molecule has 4 heteroatoms. The Morgan fingerprint density at radius 3 is 3.14 bits per heavy atom. The van der Waals surface area contributed by atoms with Crippen LogP contribution in [0.15, 0.2) is 6.07 Å². The van der Waals surface area contributed by atoms with E-state index in [-0.39, 0.29) is 0 Å². The van der Waals surface area contributed by atoms with Gasteiger partial charge in [0, 0.05) is 11.4 Å². The molecule has 0 bridgehead atoms. The molecule has 0 saturated carbocycles. The second kappa shape index (κ2) is 3.61. The molecule has 1 aliphatic heterocycles. The molecule has 0 radical (unpaired) electrons. The summed E-state index contributed by atoms with van der Waals surface area (Å²) in [5, 5.41) is 9.03. The summed E-state index contributed by atoms with van der Waals surface area (Å²) >= 11 is 1.81. The van der Waals surface area contributed by atoms with Crippen LogP contribution in [-0.2, 0) is 12.2 Å². The van der Waals surface area contributed by atoms with Crippen molar-refractivity contribution >= 4 is 17.7 Å². The van der Waals surface area contributed by atoms with Gasteiger partial charge in [-0.2, -0.15) is 11.8 Å². The van der Waals surface area contributed by atoms with Crippen molar-refractivity contribution in [1.29, 1.82) is 0 Å². The van der Waals surface area contributed by atoms with E-state index in [1.165, 1.54) is 0 Å². The first-order valence-electron chi connectivity index (χ1n) is 4.49. The highest BCUT2D eigenvalue weighted by molar-refractivity contribution is 7.98. The zero-order valence-electron chi connectivity index (χ0n) is 7.91. The lowest BCUT2D eigenvalue weighted by Crippen LogP contribution is -2.13. The molecule has 1 N–H and O–H groups in total. The Labute approximate surface area is 86.5 Å². The van der Waals surface area contributed by atoms with Crippen molar-refractivity contribution in [1.82, 2.24) is 4.98 Å². The van der Waals surface area contributed by atoms with Crippen molar-refractivity contribution < 1.29 is 9.90 Å². The Kier molecular flexibility index (Phi) is 2.46. The average molecular weight is 209 g/mol. The predicted octanol–water partition coefficient (Wildman–Crippen LogP) is 1.88. The number of carboxylic acid groups (broad SMARTS) is 1. The summed E-state index contributed by atoms with van der Waals surface area (Å²) in [7, 11) is 0. The molecule has 1 aliphatic rings. The maximum absolute atomic E-state index is 11.0. The maximum Gasteiger partial charge on any atom is 0.336 e. The first kappa shape index (κ1) is 9.52. The topological polar surface area (TPSA) is 50.2 Å². The van der Waals surface area contributed by atoms with Crippen LogP contribution >= 0.6 is 11.8 Å². The van der Waals surface area contributed by atoms with Crippen LogP contribution in [0.25, 0.3) is 0 Å². The van der Waals surface area contributed by atoms with E-state index in [0.29, 0.717) is 5.56 Å². The van der Waals surface area contributed by atoms with Crippen LogP contribution in [0.2, 0.25) is 0 Å². The lowest BCUT2D eigenvalue weighted by Gasteiger charge is -2.17. The molecule has 0 aliphatic carbocycles. The van der Waals surface area contributed by atoms with Gasteiger partial charge in [-0.3, -0.25) is 4.98 Å². The van der Waals surface area contributed by atoms with Crippen LogP contribution in [0.5, 0.6) is 0 Å². The van der Waals surface area contributed by atoms with Crippen LogP contribution in [0.1, 0.15) is 27.3 Å². The third-order valence-electron chi connectivity index (χ3n) is 2.30. The number of pyridine rings is 1. The predicted molar refractivity (Wildman–Crippen MR) is 55.8 cm³/mol. The molecule has 0 saturated heterocycles. The fourth-order valence-corrected chi connectivity index (χ4v) is 2.62. The van der Waals surface area contributed by atoms with Crippen molar-refractivity contribution in [3.63, 3.8) is 0 Å². The van der Waals surface area contributed by atoms with Gasteiger partial charge in [-0.15, -0.1) is 0 Å². The second-order valence-electron chi connectivity index (χ2n) is 3.34. The molecule has 1 aromatic heterocycles. The van der Waals surface area contributed by atoms with Crippen molar-refractivity contribution in [2.24, 2.45) is 0 Å². The van der Waals surface area contributed by atoms with Gasteiger partial charge in [-0.25, -0.2) is 4.79 Å². The molecule has 0 fully saturated rings. The third kappa shape index (κ3) is 1.62.